The SMILES string of the molecule is COC(=O)C(=Cc1cc(C)ccc1C)C(=O)OC. The number of aryl methyl sites for hydroxylation is 2. The Labute approximate surface area is 106 Å². The van der Waals surface area contributed by atoms with Crippen LogP contribution in [0.5, 0.6) is 0 Å². The van der Waals surface area contributed by atoms with Crippen molar-refractivity contribution in [2.75, 3.05) is 14.2 Å². The lowest BCUT2D eigenvalue weighted by Gasteiger charge is -2.06. The molecule has 4 heteroatoms. The molecule has 0 aromatic heterocycles. The van der Waals surface area contributed by atoms with Crippen molar-refractivity contribution in [2.45, 2.75) is 13.8 Å². The Balaban J connectivity index is 3.27. The number of rotatable bonds is 3. The molecule has 1 rings (SSSR count). The second-order valence-corrected chi connectivity index (χ2v) is 3.90. The molecule has 0 spiro atoms. The number of esters is 2. The molecule has 0 unspecified atom stereocenters. The first-order valence-corrected chi connectivity index (χ1v) is 5.45. The molecule has 18 heavy (non-hydrogen) atoms. The maximum atomic E-state index is 11.5. The average molecular weight is 248 g/mol. The summed E-state index contributed by atoms with van der Waals surface area (Å²) in [6.45, 7) is 3.84. The highest BCUT2D eigenvalue weighted by atomic mass is 16.5. The summed E-state index contributed by atoms with van der Waals surface area (Å²) in [6.07, 6.45) is 1.49. The maximum absolute atomic E-state index is 11.5. The van der Waals surface area contributed by atoms with Crippen LogP contribution in [0, 0.1) is 13.8 Å². The van der Waals surface area contributed by atoms with E-state index in [1.807, 2.05) is 32.0 Å². The van der Waals surface area contributed by atoms with Gasteiger partial charge in [0, 0.05) is 0 Å². The van der Waals surface area contributed by atoms with Gasteiger partial charge in [0.1, 0.15) is 5.57 Å². The van der Waals surface area contributed by atoms with E-state index in [0.29, 0.717) is 0 Å². The van der Waals surface area contributed by atoms with Crippen molar-refractivity contribution in [3.63, 3.8) is 0 Å². The fourth-order valence-electron chi connectivity index (χ4n) is 1.49. The Kier molecular flexibility index (Phi) is 4.66. The number of carbonyl (C=O) groups is 2. The molecule has 96 valence electrons. The minimum Gasteiger partial charge on any atom is -0.465 e. The smallest absolute Gasteiger partial charge is 0.345 e. The van der Waals surface area contributed by atoms with Gasteiger partial charge in [-0.05, 0) is 31.1 Å². The Morgan fingerprint density at radius 3 is 2.11 bits per heavy atom. The highest BCUT2D eigenvalue weighted by Gasteiger charge is 2.19. The molecule has 0 bridgehead atoms. The first kappa shape index (κ1) is 14.0. The molecule has 0 aliphatic carbocycles. The molecule has 0 heterocycles. The highest BCUT2D eigenvalue weighted by Crippen LogP contribution is 2.16. The van der Waals surface area contributed by atoms with Crippen molar-refractivity contribution < 1.29 is 19.1 Å². The molecule has 0 aliphatic heterocycles. The van der Waals surface area contributed by atoms with E-state index in [0.717, 1.165) is 16.7 Å². The molecule has 1 aromatic carbocycles. The third-order valence-electron chi connectivity index (χ3n) is 2.55. The zero-order valence-corrected chi connectivity index (χ0v) is 10.9. The number of ether oxygens (including phenoxy) is 2. The molecule has 1 aromatic rings. The van der Waals surface area contributed by atoms with Crippen molar-refractivity contribution in [2.24, 2.45) is 0 Å². The summed E-state index contributed by atoms with van der Waals surface area (Å²) in [7, 11) is 2.45. The van der Waals surface area contributed by atoms with E-state index in [1.165, 1.54) is 20.3 Å². The van der Waals surface area contributed by atoms with Crippen LogP contribution in [0.4, 0.5) is 0 Å². The van der Waals surface area contributed by atoms with Gasteiger partial charge in [0.25, 0.3) is 0 Å². The molecule has 0 amide bonds. The molecule has 0 aliphatic rings. The summed E-state index contributed by atoms with van der Waals surface area (Å²) in [6, 6.07) is 5.77. The monoisotopic (exact) mass is 248 g/mol. The predicted molar refractivity (Wildman–Crippen MR) is 67.9 cm³/mol. The van der Waals surface area contributed by atoms with Gasteiger partial charge < -0.3 is 9.47 Å². The maximum Gasteiger partial charge on any atom is 0.345 e. The Morgan fingerprint density at radius 1 is 1.06 bits per heavy atom. The third-order valence-corrected chi connectivity index (χ3v) is 2.55. The van der Waals surface area contributed by atoms with Gasteiger partial charge in [-0.3, -0.25) is 0 Å². The summed E-state index contributed by atoms with van der Waals surface area (Å²) in [5.74, 6) is -1.41. The fraction of sp³-hybridized carbons (Fsp3) is 0.286. The van der Waals surface area contributed by atoms with Gasteiger partial charge in [-0.2, -0.15) is 0 Å². The van der Waals surface area contributed by atoms with E-state index in [-0.39, 0.29) is 5.57 Å². The highest BCUT2D eigenvalue weighted by molar-refractivity contribution is 6.17. The summed E-state index contributed by atoms with van der Waals surface area (Å²) < 4.78 is 9.14. The lowest BCUT2D eigenvalue weighted by molar-refractivity contribution is -0.143. The molecule has 0 N–H and O–H groups in total. The second-order valence-electron chi connectivity index (χ2n) is 3.90. The van der Waals surface area contributed by atoms with Crippen molar-refractivity contribution in [3.05, 3.63) is 40.5 Å². The van der Waals surface area contributed by atoms with E-state index in [4.69, 9.17) is 0 Å². The van der Waals surface area contributed by atoms with Gasteiger partial charge in [0.2, 0.25) is 0 Å². The van der Waals surface area contributed by atoms with Crippen LogP contribution < -0.4 is 0 Å². The quantitative estimate of drug-likeness (QED) is 0.355. The third kappa shape index (κ3) is 3.20. The summed E-state index contributed by atoms with van der Waals surface area (Å²) in [5.41, 5.74) is 2.68. The van der Waals surface area contributed by atoms with Crippen LogP contribution in [0.1, 0.15) is 16.7 Å². The minimum atomic E-state index is -0.706. The molecule has 0 fully saturated rings. The lowest BCUT2D eigenvalue weighted by atomic mass is 10.0. The summed E-state index contributed by atoms with van der Waals surface area (Å²) >= 11 is 0. The van der Waals surface area contributed by atoms with Crippen molar-refractivity contribution in [3.8, 4) is 0 Å². The topological polar surface area (TPSA) is 52.6 Å². The molecular weight excluding hydrogens is 232 g/mol. The Hall–Kier alpha value is -2.10. The standard InChI is InChI=1S/C14H16O4/c1-9-5-6-10(2)11(7-9)8-12(13(15)17-3)14(16)18-4/h5-8H,1-4H3. The average Bonchev–Trinajstić information content (AvgIpc) is 2.38. The van der Waals surface area contributed by atoms with Crippen LogP contribution in [0.15, 0.2) is 23.8 Å². The zero-order valence-electron chi connectivity index (χ0n) is 10.9. The molecule has 0 atom stereocenters. The van der Waals surface area contributed by atoms with Crippen molar-refractivity contribution >= 4 is 18.0 Å². The van der Waals surface area contributed by atoms with Gasteiger partial charge >= 0.3 is 11.9 Å². The Bertz CT molecular complexity index is 483. The van der Waals surface area contributed by atoms with Crippen LogP contribution in [-0.4, -0.2) is 26.2 Å². The van der Waals surface area contributed by atoms with E-state index >= 15 is 0 Å². The van der Waals surface area contributed by atoms with Crippen LogP contribution in [0.25, 0.3) is 6.08 Å². The normalized spacial score (nSPS) is 9.56. The number of hydrogen-bond donors (Lipinski definition) is 0. The van der Waals surface area contributed by atoms with Crippen LogP contribution in [0.3, 0.4) is 0 Å². The molecule has 0 saturated heterocycles. The van der Waals surface area contributed by atoms with Gasteiger partial charge in [0.15, 0.2) is 0 Å². The second kappa shape index (κ2) is 6.00. The molecule has 4 nitrogen and oxygen atoms in total. The fourth-order valence-corrected chi connectivity index (χ4v) is 1.49. The first-order chi connectivity index (χ1) is 8.49. The van der Waals surface area contributed by atoms with E-state index < -0.39 is 11.9 Å². The predicted octanol–water partition coefficient (Wildman–Crippen LogP) is 2.03. The number of methoxy groups -OCH3 is 2. The zero-order chi connectivity index (χ0) is 13.7. The van der Waals surface area contributed by atoms with Crippen LogP contribution in [0.2, 0.25) is 0 Å². The van der Waals surface area contributed by atoms with E-state index in [9.17, 15) is 9.59 Å². The van der Waals surface area contributed by atoms with Crippen LogP contribution >= 0.6 is 0 Å². The minimum absolute atomic E-state index is 0.117. The lowest BCUT2D eigenvalue weighted by Crippen LogP contribution is -2.15. The van der Waals surface area contributed by atoms with E-state index in [2.05, 4.69) is 9.47 Å². The van der Waals surface area contributed by atoms with Gasteiger partial charge in [0.05, 0.1) is 14.2 Å². The number of benzene rings is 1. The van der Waals surface area contributed by atoms with Crippen molar-refractivity contribution in [1.82, 2.24) is 0 Å². The van der Waals surface area contributed by atoms with Crippen LogP contribution in [-0.2, 0) is 19.1 Å². The number of hydrogen-bond acceptors (Lipinski definition) is 4. The largest absolute Gasteiger partial charge is 0.465 e. The van der Waals surface area contributed by atoms with Crippen molar-refractivity contribution in [1.29, 1.82) is 0 Å². The number of carbonyl (C=O) groups excluding carboxylic acids is 2. The van der Waals surface area contributed by atoms with Gasteiger partial charge in [-0.1, -0.05) is 23.8 Å². The summed E-state index contributed by atoms with van der Waals surface area (Å²) in [5, 5.41) is 0. The first-order valence-electron chi connectivity index (χ1n) is 5.45. The molecular formula is C14H16O4. The van der Waals surface area contributed by atoms with Gasteiger partial charge in [-0.25, -0.2) is 9.59 Å². The molecule has 0 radical (unpaired) electrons. The Morgan fingerprint density at radius 2 is 1.61 bits per heavy atom. The summed E-state index contributed by atoms with van der Waals surface area (Å²) in [4.78, 5) is 23.0. The van der Waals surface area contributed by atoms with E-state index in [1.54, 1.807) is 0 Å². The molecule has 0 saturated carbocycles. The van der Waals surface area contributed by atoms with Gasteiger partial charge in [-0.15, -0.1) is 0 Å².